The first-order chi connectivity index (χ1) is 9.63. The lowest BCUT2D eigenvalue weighted by Crippen LogP contribution is -2.43. The summed E-state index contributed by atoms with van der Waals surface area (Å²) in [4.78, 5) is 14.4. The molecule has 0 bridgehead atoms. The molecule has 3 heteroatoms. The summed E-state index contributed by atoms with van der Waals surface area (Å²) in [5.41, 5.74) is 7.00. The van der Waals surface area contributed by atoms with Crippen molar-refractivity contribution in [3.8, 4) is 0 Å². The first kappa shape index (κ1) is 15.0. The average molecular weight is 274 g/mol. The lowest BCUT2D eigenvalue weighted by atomic mass is 9.84. The highest BCUT2D eigenvalue weighted by molar-refractivity contribution is 5.83. The van der Waals surface area contributed by atoms with Crippen LogP contribution in [0.4, 0.5) is 0 Å². The highest BCUT2D eigenvalue weighted by Gasteiger charge is 2.28. The Bertz CT molecular complexity index is 424. The molecule has 3 nitrogen and oxygen atoms in total. The molecule has 1 atom stereocenters. The normalized spacial score (nSPS) is 24.1. The predicted octanol–water partition coefficient (Wildman–Crippen LogP) is 3.11. The molecule has 0 saturated heterocycles. The smallest absolute Gasteiger partial charge is 0.244 e. The molecule has 0 radical (unpaired) electrons. The van der Waals surface area contributed by atoms with Crippen LogP contribution in [-0.4, -0.2) is 23.9 Å². The highest BCUT2D eigenvalue weighted by atomic mass is 16.2. The zero-order valence-corrected chi connectivity index (χ0v) is 12.6. The van der Waals surface area contributed by atoms with E-state index in [1.165, 1.54) is 19.3 Å². The topological polar surface area (TPSA) is 46.3 Å². The quantitative estimate of drug-likeness (QED) is 0.917. The summed E-state index contributed by atoms with van der Waals surface area (Å²) in [6, 6.07) is 9.46. The fraction of sp³-hybridized carbons (Fsp3) is 0.588. The van der Waals surface area contributed by atoms with E-state index >= 15 is 0 Å². The van der Waals surface area contributed by atoms with E-state index in [2.05, 4.69) is 6.92 Å². The maximum absolute atomic E-state index is 12.5. The van der Waals surface area contributed by atoms with Crippen molar-refractivity contribution >= 4 is 5.91 Å². The van der Waals surface area contributed by atoms with Gasteiger partial charge in [0.2, 0.25) is 5.91 Å². The number of rotatable bonds is 4. The number of carbonyl (C=O) groups is 1. The molecule has 0 aliphatic heterocycles. The van der Waals surface area contributed by atoms with Gasteiger partial charge < -0.3 is 10.6 Å². The minimum absolute atomic E-state index is 0.0381. The Morgan fingerprint density at radius 1 is 1.25 bits per heavy atom. The van der Waals surface area contributed by atoms with Crippen LogP contribution in [0, 0.1) is 5.92 Å². The number of carbonyl (C=O) groups excluding carboxylic acids is 1. The minimum Gasteiger partial charge on any atom is -0.341 e. The first-order valence-corrected chi connectivity index (χ1v) is 7.70. The van der Waals surface area contributed by atoms with Crippen LogP contribution in [0.25, 0.3) is 0 Å². The maximum Gasteiger partial charge on any atom is 0.244 e. The third-order valence-corrected chi connectivity index (χ3v) is 4.71. The predicted molar refractivity (Wildman–Crippen MR) is 82.2 cm³/mol. The number of likely N-dealkylation sites (N-methyl/N-ethyl adjacent to an activating group) is 1. The van der Waals surface area contributed by atoms with E-state index < -0.39 is 6.04 Å². The Hall–Kier alpha value is -1.35. The Labute approximate surface area is 122 Å². The van der Waals surface area contributed by atoms with E-state index in [9.17, 15) is 4.79 Å². The molecule has 0 aromatic heterocycles. The molecule has 1 aliphatic rings. The van der Waals surface area contributed by atoms with E-state index in [0.29, 0.717) is 6.04 Å². The van der Waals surface area contributed by atoms with Crippen molar-refractivity contribution in [3.05, 3.63) is 35.9 Å². The van der Waals surface area contributed by atoms with Gasteiger partial charge in [0.1, 0.15) is 6.04 Å². The van der Waals surface area contributed by atoms with Crippen molar-refractivity contribution in [1.29, 1.82) is 0 Å². The summed E-state index contributed by atoms with van der Waals surface area (Å²) in [6.07, 6.45) is 5.96. The Balaban J connectivity index is 1.95. The van der Waals surface area contributed by atoms with Crippen molar-refractivity contribution in [2.24, 2.45) is 11.7 Å². The molecule has 20 heavy (non-hydrogen) atoms. The Morgan fingerprint density at radius 3 is 2.40 bits per heavy atom. The summed E-state index contributed by atoms with van der Waals surface area (Å²) in [6.45, 7) is 2.26. The molecular formula is C17H26N2O. The van der Waals surface area contributed by atoms with Crippen LogP contribution in [0.15, 0.2) is 30.3 Å². The van der Waals surface area contributed by atoms with Crippen LogP contribution < -0.4 is 5.73 Å². The molecule has 2 N–H and O–H groups in total. The van der Waals surface area contributed by atoms with Gasteiger partial charge in [-0.15, -0.1) is 0 Å². The van der Waals surface area contributed by atoms with Crippen molar-refractivity contribution in [1.82, 2.24) is 4.90 Å². The molecule has 110 valence electrons. The van der Waals surface area contributed by atoms with E-state index in [1.807, 2.05) is 42.3 Å². The van der Waals surface area contributed by atoms with Crippen LogP contribution in [0.2, 0.25) is 0 Å². The second kappa shape index (κ2) is 6.89. The fourth-order valence-corrected chi connectivity index (χ4v) is 3.14. The summed E-state index contributed by atoms with van der Waals surface area (Å²) in [5.74, 6) is 0.883. The second-order valence-corrected chi connectivity index (χ2v) is 5.92. The molecule has 2 rings (SSSR count). The summed E-state index contributed by atoms with van der Waals surface area (Å²) < 4.78 is 0. The third-order valence-electron chi connectivity index (χ3n) is 4.71. The maximum atomic E-state index is 12.5. The van der Waals surface area contributed by atoms with E-state index in [4.69, 9.17) is 5.73 Å². The zero-order chi connectivity index (χ0) is 14.5. The molecule has 1 saturated carbocycles. The largest absolute Gasteiger partial charge is 0.341 e. The van der Waals surface area contributed by atoms with E-state index in [0.717, 1.165) is 24.3 Å². The number of amides is 1. The molecule has 1 amide bonds. The molecule has 1 aliphatic carbocycles. The first-order valence-electron chi connectivity index (χ1n) is 7.70. The zero-order valence-electron chi connectivity index (χ0n) is 12.6. The second-order valence-electron chi connectivity index (χ2n) is 5.92. The lowest BCUT2D eigenvalue weighted by molar-refractivity contribution is -0.134. The van der Waals surface area contributed by atoms with Crippen LogP contribution >= 0.6 is 0 Å². The van der Waals surface area contributed by atoms with Crippen LogP contribution in [-0.2, 0) is 4.79 Å². The van der Waals surface area contributed by atoms with E-state index in [-0.39, 0.29) is 5.91 Å². The number of hydrogen-bond donors (Lipinski definition) is 1. The summed E-state index contributed by atoms with van der Waals surface area (Å²) >= 11 is 0. The van der Waals surface area contributed by atoms with Crippen LogP contribution in [0.5, 0.6) is 0 Å². The number of hydrogen-bond acceptors (Lipinski definition) is 2. The van der Waals surface area contributed by atoms with Crippen molar-refractivity contribution in [2.45, 2.75) is 51.1 Å². The Morgan fingerprint density at radius 2 is 1.85 bits per heavy atom. The van der Waals surface area contributed by atoms with Gasteiger partial charge >= 0.3 is 0 Å². The molecule has 0 heterocycles. The summed E-state index contributed by atoms with van der Waals surface area (Å²) in [7, 11) is 1.90. The van der Waals surface area contributed by atoms with Gasteiger partial charge in [-0.2, -0.15) is 0 Å². The van der Waals surface area contributed by atoms with Gasteiger partial charge in [0.15, 0.2) is 0 Å². The minimum atomic E-state index is -0.537. The van der Waals surface area contributed by atoms with Crippen LogP contribution in [0.1, 0.15) is 50.6 Å². The average Bonchev–Trinajstić information content (AvgIpc) is 2.53. The summed E-state index contributed by atoms with van der Waals surface area (Å²) in [5, 5.41) is 0. The standard InChI is InChI=1S/C17H26N2O/c1-3-13-9-11-15(12-10-13)19(2)17(20)16(18)14-7-5-4-6-8-14/h4-8,13,15-16H,3,9-12,18H2,1-2H3/t13?,15?,16-/m0/s1. The molecule has 1 aromatic carbocycles. The van der Waals surface area contributed by atoms with Gasteiger partial charge in [0.25, 0.3) is 0 Å². The Kier molecular flexibility index (Phi) is 5.18. The SMILES string of the molecule is CCC1CCC(N(C)C(=O)[C@@H](N)c2ccccc2)CC1. The number of nitrogens with two attached hydrogens (primary N) is 1. The van der Waals surface area contributed by atoms with Gasteiger partial charge in [-0.05, 0) is 37.2 Å². The third kappa shape index (κ3) is 3.40. The lowest BCUT2D eigenvalue weighted by Gasteiger charge is -2.35. The number of benzene rings is 1. The molecule has 0 spiro atoms. The van der Waals surface area contributed by atoms with Crippen LogP contribution in [0.3, 0.4) is 0 Å². The molecule has 1 fully saturated rings. The van der Waals surface area contributed by atoms with Gasteiger partial charge in [-0.25, -0.2) is 0 Å². The fourth-order valence-electron chi connectivity index (χ4n) is 3.14. The molecule has 0 unspecified atom stereocenters. The van der Waals surface area contributed by atoms with Crippen molar-refractivity contribution < 1.29 is 4.79 Å². The van der Waals surface area contributed by atoms with Gasteiger partial charge in [-0.3, -0.25) is 4.79 Å². The van der Waals surface area contributed by atoms with Gasteiger partial charge in [-0.1, -0.05) is 43.7 Å². The molecular weight excluding hydrogens is 248 g/mol. The number of nitrogens with zero attached hydrogens (tertiary/aromatic N) is 1. The molecule has 1 aromatic rings. The van der Waals surface area contributed by atoms with Gasteiger partial charge in [0.05, 0.1) is 0 Å². The van der Waals surface area contributed by atoms with Crippen molar-refractivity contribution in [2.75, 3.05) is 7.05 Å². The monoisotopic (exact) mass is 274 g/mol. The van der Waals surface area contributed by atoms with Crippen molar-refractivity contribution in [3.63, 3.8) is 0 Å². The van der Waals surface area contributed by atoms with Gasteiger partial charge in [0, 0.05) is 13.1 Å². The van der Waals surface area contributed by atoms with E-state index in [1.54, 1.807) is 0 Å². The highest BCUT2D eigenvalue weighted by Crippen LogP contribution is 2.29.